The van der Waals surface area contributed by atoms with E-state index in [0.29, 0.717) is 0 Å². The van der Waals surface area contributed by atoms with Crippen LogP contribution in [0.3, 0.4) is 0 Å². The van der Waals surface area contributed by atoms with Gasteiger partial charge in [-0.2, -0.15) is 0 Å². The Bertz CT molecular complexity index is 1400. The molecule has 0 saturated carbocycles. The van der Waals surface area contributed by atoms with Crippen molar-refractivity contribution in [3.8, 4) is 5.69 Å². The van der Waals surface area contributed by atoms with Gasteiger partial charge in [0, 0.05) is 16.5 Å². The minimum absolute atomic E-state index is 1.08. The smallest absolute Gasteiger partial charge is 0.0541 e. The van der Waals surface area contributed by atoms with E-state index < -0.39 is 0 Å². The largest absolute Gasteiger partial charge is 0.309 e. The highest BCUT2D eigenvalue weighted by atomic mass is 15.0. The molecule has 0 atom stereocenters. The summed E-state index contributed by atoms with van der Waals surface area (Å²) in [4.78, 5) is 0. The van der Waals surface area contributed by atoms with Crippen LogP contribution in [0.2, 0.25) is 0 Å². The first-order valence-electron chi connectivity index (χ1n) is 11.2. The third-order valence-electron chi connectivity index (χ3n) is 5.84. The summed E-state index contributed by atoms with van der Waals surface area (Å²) in [5.74, 6) is 0. The molecule has 0 unspecified atom stereocenters. The molecule has 0 bridgehead atoms. The molecule has 0 N–H and O–H groups in total. The molecule has 0 amide bonds. The lowest BCUT2D eigenvalue weighted by Crippen LogP contribution is -1.92. The second-order valence-corrected chi connectivity index (χ2v) is 7.92. The first kappa shape index (κ1) is 20.5. The van der Waals surface area contributed by atoms with E-state index in [0.717, 1.165) is 5.57 Å². The highest BCUT2D eigenvalue weighted by Crippen LogP contribution is 2.31. The molecule has 6 rings (SSSR count). The Labute approximate surface area is 194 Å². The zero-order valence-corrected chi connectivity index (χ0v) is 18.4. The van der Waals surface area contributed by atoms with Crippen LogP contribution in [-0.4, -0.2) is 4.57 Å². The fourth-order valence-corrected chi connectivity index (χ4v) is 4.22. The second kappa shape index (κ2) is 9.42. The van der Waals surface area contributed by atoms with Gasteiger partial charge in [-0.25, -0.2) is 0 Å². The van der Waals surface area contributed by atoms with Gasteiger partial charge in [0.05, 0.1) is 11.0 Å². The van der Waals surface area contributed by atoms with Gasteiger partial charge in [-0.15, -0.1) is 0 Å². The number of hydrogen-bond acceptors (Lipinski definition) is 0. The number of nitrogens with zero attached hydrogens (tertiary/aromatic N) is 1. The third-order valence-corrected chi connectivity index (χ3v) is 5.84. The number of aromatic nitrogens is 1. The van der Waals surface area contributed by atoms with Crippen LogP contribution in [0.1, 0.15) is 11.1 Å². The van der Waals surface area contributed by atoms with Crippen LogP contribution in [0, 0.1) is 0 Å². The van der Waals surface area contributed by atoms with Crippen molar-refractivity contribution in [2.45, 2.75) is 0 Å². The van der Waals surface area contributed by atoms with Gasteiger partial charge in [-0.3, -0.25) is 0 Å². The molecular formula is C32H25N. The first-order valence-corrected chi connectivity index (χ1v) is 11.2. The lowest BCUT2D eigenvalue weighted by Gasteiger charge is -2.06. The van der Waals surface area contributed by atoms with Gasteiger partial charge in [-0.1, -0.05) is 122 Å². The molecule has 0 spiro atoms. The topological polar surface area (TPSA) is 4.93 Å². The van der Waals surface area contributed by atoms with Crippen LogP contribution in [0.4, 0.5) is 0 Å². The highest BCUT2D eigenvalue weighted by Gasteiger charge is 2.10. The molecule has 0 radical (unpaired) electrons. The molecule has 0 aliphatic heterocycles. The molecular weight excluding hydrogens is 398 g/mol. The fraction of sp³-hybridized carbons (Fsp3) is 0. The van der Waals surface area contributed by atoms with E-state index in [1.807, 2.05) is 36.4 Å². The Hall–Kier alpha value is -4.36. The van der Waals surface area contributed by atoms with Crippen molar-refractivity contribution < 1.29 is 0 Å². The summed E-state index contributed by atoms with van der Waals surface area (Å²) < 4.78 is 2.32. The molecule has 0 fully saturated rings. The molecule has 0 aliphatic carbocycles. The van der Waals surface area contributed by atoms with Crippen LogP contribution in [-0.2, 0) is 0 Å². The Morgan fingerprint density at radius 2 is 0.788 bits per heavy atom. The average Bonchev–Trinajstić information content (AvgIpc) is 3.25. The lowest BCUT2D eigenvalue weighted by atomic mass is 10.0. The van der Waals surface area contributed by atoms with E-state index in [2.05, 4.69) is 114 Å². The van der Waals surface area contributed by atoms with E-state index in [1.165, 1.54) is 38.6 Å². The van der Waals surface area contributed by atoms with Crippen molar-refractivity contribution in [1.82, 2.24) is 4.57 Å². The monoisotopic (exact) mass is 423 g/mol. The van der Waals surface area contributed by atoms with E-state index >= 15 is 0 Å². The number of rotatable bonds is 3. The maximum Gasteiger partial charge on any atom is 0.0541 e. The van der Waals surface area contributed by atoms with Crippen molar-refractivity contribution in [1.29, 1.82) is 0 Å². The molecule has 1 aromatic heterocycles. The maximum atomic E-state index is 4.10. The Balaban J connectivity index is 0.000000146. The van der Waals surface area contributed by atoms with E-state index in [9.17, 15) is 0 Å². The van der Waals surface area contributed by atoms with Crippen molar-refractivity contribution >= 4 is 27.4 Å². The second-order valence-electron chi connectivity index (χ2n) is 7.92. The average molecular weight is 424 g/mol. The van der Waals surface area contributed by atoms with Gasteiger partial charge in [0.25, 0.3) is 0 Å². The molecule has 1 heteroatoms. The maximum absolute atomic E-state index is 4.10. The molecule has 33 heavy (non-hydrogen) atoms. The van der Waals surface area contributed by atoms with Gasteiger partial charge < -0.3 is 4.57 Å². The Kier molecular flexibility index (Phi) is 5.86. The van der Waals surface area contributed by atoms with Gasteiger partial charge in [0.15, 0.2) is 0 Å². The van der Waals surface area contributed by atoms with Crippen molar-refractivity contribution in [2.75, 3.05) is 0 Å². The zero-order valence-electron chi connectivity index (χ0n) is 18.4. The van der Waals surface area contributed by atoms with Crippen LogP contribution in [0.25, 0.3) is 33.1 Å². The first-order chi connectivity index (χ1) is 16.3. The summed E-state index contributed by atoms with van der Waals surface area (Å²) in [7, 11) is 0. The summed E-state index contributed by atoms with van der Waals surface area (Å²) in [6.45, 7) is 4.10. The summed E-state index contributed by atoms with van der Waals surface area (Å²) >= 11 is 0. The fourth-order valence-electron chi connectivity index (χ4n) is 4.22. The van der Waals surface area contributed by atoms with E-state index in [1.54, 1.807) is 0 Å². The number of fused-ring (bicyclic) bond motifs is 3. The predicted molar refractivity (Wildman–Crippen MR) is 142 cm³/mol. The predicted octanol–water partition coefficient (Wildman–Crippen LogP) is 8.53. The molecule has 1 heterocycles. The molecule has 6 aromatic rings. The van der Waals surface area contributed by atoms with Crippen molar-refractivity contribution in [3.63, 3.8) is 0 Å². The van der Waals surface area contributed by atoms with E-state index in [4.69, 9.17) is 0 Å². The molecule has 5 aromatic carbocycles. The van der Waals surface area contributed by atoms with Crippen LogP contribution < -0.4 is 0 Å². The normalized spacial score (nSPS) is 10.5. The zero-order chi connectivity index (χ0) is 22.5. The SMILES string of the molecule is C=C(c1ccccc1)c1ccccc1.c1ccc(-n2c3ccccc3c3ccccc32)cc1. The highest BCUT2D eigenvalue weighted by molar-refractivity contribution is 6.09. The third kappa shape index (κ3) is 4.22. The minimum Gasteiger partial charge on any atom is -0.309 e. The standard InChI is InChI=1S/C18H13N.C14H12/c1-2-8-14(9-3-1)19-17-12-6-4-10-15(17)16-11-5-7-13-18(16)19;1-12(13-8-4-2-5-9-13)14-10-6-3-7-11-14/h1-13H;2-11H,1H2. The van der Waals surface area contributed by atoms with Gasteiger partial charge in [0.2, 0.25) is 0 Å². The van der Waals surface area contributed by atoms with Crippen LogP contribution in [0.15, 0.2) is 146 Å². The van der Waals surface area contributed by atoms with Gasteiger partial charge in [0.1, 0.15) is 0 Å². The van der Waals surface area contributed by atoms with E-state index in [-0.39, 0.29) is 0 Å². The quantitative estimate of drug-likeness (QED) is 0.269. The number of hydrogen-bond donors (Lipinski definition) is 0. The number of benzene rings is 5. The van der Waals surface area contributed by atoms with Gasteiger partial charge in [-0.05, 0) is 41.0 Å². The summed E-state index contributed by atoms with van der Waals surface area (Å²) in [6, 6.07) is 48.1. The molecule has 1 nitrogen and oxygen atoms in total. The summed E-state index contributed by atoms with van der Waals surface area (Å²) in [5, 5.41) is 2.61. The van der Waals surface area contributed by atoms with Gasteiger partial charge >= 0.3 is 0 Å². The number of para-hydroxylation sites is 3. The molecule has 158 valence electrons. The Morgan fingerprint density at radius 3 is 1.24 bits per heavy atom. The minimum atomic E-state index is 1.08. The molecule has 0 aliphatic rings. The van der Waals surface area contributed by atoms with Crippen LogP contribution >= 0.6 is 0 Å². The van der Waals surface area contributed by atoms with Crippen molar-refractivity contribution in [3.05, 3.63) is 157 Å². The van der Waals surface area contributed by atoms with Crippen LogP contribution in [0.5, 0.6) is 0 Å². The Morgan fingerprint density at radius 1 is 0.424 bits per heavy atom. The summed E-state index contributed by atoms with van der Waals surface area (Å²) in [5.41, 5.74) is 7.16. The summed E-state index contributed by atoms with van der Waals surface area (Å²) in [6.07, 6.45) is 0. The molecule has 0 saturated heterocycles. The lowest BCUT2D eigenvalue weighted by molar-refractivity contribution is 1.18. The van der Waals surface area contributed by atoms with Crippen molar-refractivity contribution in [2.24, 2.45) is 0 Å².